The molecule has 5 rings (SSSR count). The summed E-state index contributed by atoms with van der Waals surface area (Å²) in [6.45, 7) is 50.0. The molecule has 0 aliphatic carbocycles. The van der Waals surface area contributed by atoms with Gasteiger partial charge < -0.3 is 4.74 Å². The molecule has 0 aromatic heterocycles. The number of hydrogen-bond acceptors (Lipinski definition) is 6. The minimum absolute atomic E-state index is 0. The maximum absolute atomic E-state index is 5.27. The van der Waals surface area contributed by atoms with Gasteiger partial charge in [0.25, 0.3) is 0 Å². The van der Waals surface area contributed by atoms with Crippen molar-refractivity contribution < 1.29 is 4.74 Å². The zero-order valence-corrected chi connectivity index (χ0v) is 35.7. The summed E-state index contributed by atoms with van der Waals surface area (Å²) in [6, 6.07) is 0. The highest BCUT2D eigenvalue weighted by molar-refractivity contribution is 4.82. The van der Waals surface area contributed by atoms with Gasteiger partial charge in [-0.05, 0) is 186 Å². The van der Waals surface area contributed by atoms with Crippen LogP contribution < -0.4 is 0 Å². The van der Waals surface area contributed by atoms with Gasteiger partial charge in [0.1, 0.15) is 0 Å². The zero-order chi connectivity index (χ0) is 36.7. The van der Waals surface area contributed by atoms with Gasteiger partial charge in [0.15, 0.2) is 0 Å². The lowest BCUT2D eigenvalue weighted by Crippen LogP contribution is -2.49. The molecule has 0 saturated carbocycles. The molecule has 5 saturated heterocycles. The van der Waals surface area contributed by atoms with Gasteiger partial charge in [-0.3, -0.25) is 24.5 Å². The van der Waals surface area contributed by atoms with Crippen LogP contribution in [0.15, 0.2) is 0 Å². The van der Waals surface area contributed by atoms with Gasteiger partial charge >= 0.3 is 0 Å². The number of ether oxygens (including phenoxy) is 1. The highest BCUT2D eigenvalue weighted by atomic mass is 16.5. The lowest BCUT2D eigenvalue weighted by molar-refractivity contribution is 0.0236. The monoisotopic (exact) mass is 760 g/mol. The summed E-state index contributed by atoms with van der Waals surface area (Å²) < 4.78 is 5.27. The van der Waals surface area contributed by atoms with Gasteiger partial charge in [-0.25, -0.2) is 0 Å². The Morgan fingerprint density at radius 2 is 0.547 bits per heavy atom. The van der Waals surface area contributed by atoms with Crippen LogP contribution >= 0.6 is 0 Å². The third kappa shape index (κ3) is 29.6. The predicted molar refractivity (Wildman–Crippen MR) is 247 cm³/mol. The fraction of sp³-hybridized carbons (Fsp3) is 1.00. The van der Waals surface area contributed by atoms with Crippen molar-refractivity contribution in [2.75, 3.05) is 85.2 Å². The number of rotatable bonds is 1. The second kappa shape index (κ2) is 29.0. The third-order valence-electron chi connectivity index (χ3n) is 10.3. The minimum atomic E-state index is 0. The first kappa shape index (κ1) is 62.0. The highest BCUT2D eigenvalue weighted by Crippen LogP contribution is 2.22. The van der Waals surface area contributed by atoms with Crippen LogP contribution in [0.3, 0.4) is 0 Å². The van der Waals surface area contributed by atoms with Crippen molar-refractivity contribution in [3.05, 3.63) is 0 Å². The van der Waals surface area contributed by atoms with Gasteiger partial charge in [0, 0.05) is 41.8 Å². The summed E-state index contributed by atoms with van der Waals surface area (Å²) in [7, 11) is 0. The molecule has 5 fully saturated rings. The molecule has 0 aromatic rings. The van der Waals surface area contributed by atoms with E-state index >= 15 is 0 Å². The topological polar surface area (TPSA) is 25.4 Å². The molecule has 328 valence electrons. The molecule has 0 unspecified atom stereocenters. The zero-order valence-electron chi connectivity index (χ0n) is 35.7. The number of likely N-dealkylation sites (tertiary alicyclic amines) is 4. The van der Waals surface area contributed by atoms with E-state index in [-0.39, 0.29) is 37.1 Å². The Balaban J connectivity index is -0.000000177. The summed E-state index contributed by atoms with van der Waals surface area (Å²) >= 11 is 0. The Bertz CT molecular complexity index is 755. The van der Waals surface area contributed by atoms with Gasteiger partial charge in [-0.15, -0.1) is 0 Å². The van der Waals surface area contributed by atoms with E-state index in [1.165, 1.54) is 117 Å². The van der Waals surface area contributed by atoms with Gasteiger partial charge in [0.05, 0.1) is 13.2 Å². The number of piperidine rings is 2. The van der Waals surface area contributed by atoms with Crippen molar-refractivity contribution in [1.82, 2.24) is 24.5 Å². The maximum Gasteiger partial charge on any atom is 0.0594 e. The average Bonchev–Trinajstić information content (AvgIpc) is 3.49. The van der Waals surface area contributed by atoms with Crippen molar-refractivity contribution in [3.63, 3.8) is 0 Å². The second-order valence-corrected chi connectivity index (χ2v) is 20.3. The molecule has 53 heavy (non-hydrogen) atoms. The Morgan fingerprint density at radius 3 is 0.717 bits per heavy atom. The van der Waals surface area contributed by atoms with E-state index in [1.807, 2.05) is 0 Å². The summed E-state index contributed by atoms with van der Waals surface area (Å²) in [5, 5.41) is 0. The fourth-order valence-corrected chi connectivity index (χ4v) is 6.93. The first-order valence-corrected chi connectivity index (χ1v) is 20.3. The lowest BCUT2D eigenvalue weighted by Gasteiger charge is -2.42. The van der Waals surface area contributed by atoms with Crippen LogP contribution in [-0.4, -0.2) is 132 Å². The Morgan fingerprint density at radius 1 is 0.321 bits per heavy atom. The summed E-state index contributed by atoms with van der Waals surface area (Å²) in [5.74, 6) is 0. The van der Waals surface area contributed by atoms with Crippen LogP contribution in [0.5, 0.6) is 0 Å². The van der Waals surface area contributed by atoms with Crippen molar-refractivity contribution in [2.24, 2.45) is 5.41 Å². The molecular weight excluding hydrogens is 651 g/mol. The van der Waals surface area contributed by atoms with E-state index in [1.54, 1.807) is 0 Å². The molecule has 0 bridgehead atoms. The van der Waals surface area contributed by atoms with E-state index in [0.29, 0.717) is 27.6 Å². The van der Waals surface area contributed by atoms with E-state index in [2.05, 4.69) is 128 Å². The molecule has 0 atom stereocenters. The van der Waals surface area contributed by atoms with E-state index in [0.717, 1.165) is 26.3 Å². The van der Waals surface area contributed by atoms with Crippen LogP contribution in [-0.2, 0) is 4.74 Å². The molecule has 5 aliphatic heterocycles. The predicted octanol–water partition coefficient (Wildman–Crippen LogP) is 12.5. The minimum Gasteiger partial charge on any atom is -0.379 e. The van der Waals surface area contributed by atoms with Crippen LogP contribution in [0.25, 0.3) is 0 Å². The lowest BCUT2D eigenvalue weighted by atomic mass is 9.96. The molecule has 6 nitrogen and oxygen atoms in total. The standard InChI is InChI=1S/C9H19NO.2C9H19N.C8H17N.C7H15N.5CH4/c1-9(2,3)8-10-4-6-11-7-5-10;2*1-9(2,3)10-7-5-4-6-8-10;1-8(2,3)9-6-4-5-7-9;1-7(2,3)8-5-4-6-8;;;;;/h4-8H2,1-3H3;2*4-8H2,1-3H3;4-7H2,1-3H3;4-6H2,1-3H3;5*1H4. The third-order valence-corrected chi connectivity index (χ3v) is 10.3. The van der Waals surface area contributed by atoms with Gasteiger partial charge in [-0.2, -0.15) is 0 Å². The molecular formula is C47H109N5O. The normalized spacial score (nSPS) is 20.7. The SMILES string of the molecule is C.C.C.C.C.CC(C)(C)CN1CCOCC1.CC(C)(C)N1CCC1.CC(C)(C)N1CCCC1.CC(C)(C)N1CCCCC1.CC(C)(C)N1CCCCC1. The van der Waals surface area contributed by atoms with Crippen molar-refractivity contribution in [3.8, 4) is 0 Å². The molecule has 0 radical (unpaired) electrons. The van der Waals surface area contributed by atoms with E-state index < -0.39 is 0 Å². The smallest absolute Gasteiger partial charge is 0.0594 e. The van der Waals surface area contributed by atoms with Crippen molar-refractivity contribution in [2.45, 2.75) is 221 Å². The van der Waals surface area contributed by atoms with E-state index in [4.69, 9.17) is 4.74 Å². The van der Waals surface area contributed by atoms with Gasteiger partial charge in [-0.1, -0.05) is 70.7 Å². The highest BCUT2D eigenvalue weighted by Gasteiger charge is 2.26. The first-order valence-electron chi connectivity index (χ1n) is 20.3. The maximum atomic E-state index is 5.27. The molecule has 0 amide bonds. The van der Waals surface area contributed by atoms with Crippen molar-refractivity contribution >= 4 is 0 Å². The Hall–Kier alpha value is -0.240. The molecule has 0 N–H and O–H groups in total. The summed E-state index contributed by atoms with van der Waals surface area (Å²) in [4.78, 5) is 12.7. The van der Waals surface area contributed by atoms with Crippen molar-refractivity contribution in [1.29, 1.82) is 0 Å². The molecule has 0 aromatic carbocycles. The van der Waals surface area contributed by atoms with Crippen LogP contribution in [0.2, 0.25) is 0 Å². The van der Waals surface area contributed by atoms with E-state index in [9.17, 15) is 0 Å². The molecule has 6 heteroatoms. The quantitative estimate of drug-likeness (QED) is 0.264. The summed E-state index contributed by atoms with van der Waals surface area (Å²) in [5.41, 5.74) is 2.08. The average molecular weight is 760 g/mol. The molecule has 5 heterocycles. The van der Waals surface area contributed by atoms with Gasteiger partial charge in [0.2, 0.25) is 0 Å². The molecule has 0 spiro atoms. The van der Waals surface area contributed by atoms with Crippen LogP contribution in [0, 0.1) is 5.41 Å². The Kier molecular flexibility index (Phi) is 34.0. The molecule has 5 aliphatic rings. The summed E-state index contributed by atoms with van der Waals surface area (Å²) in [6.07, 6.45) is 12.7. The first-order chi connectivity index (χ1) is 22.0. The van der Waals surface area contributed by atoms with Crippen LogP contribution in [0.1, 0.15) is 199 Å². The Labute approximate surface area is 339 Å². The number of nitrogens with zero attached hydrogens (tertiary/aromatic N) is 5. The fourth-order valence-electron chi connectivity index (χ4n) is 6.93. The number of morpholine rings is 1. The van der Waals surface area contributed by atoms with Crippen LogP contribution in [0.4, 0.5) is 0 Å². The largest absolute Gasteiger partial charge is 0.379 e. The number of hydrogen-bond donors (Lipinski definition) is 0. The second-order valence-electron chi connectivity index (χ2n) is 20.3.